The Labute approximate surface area is 109 Å². The highest BCUT2D eigenvalue weighted by Crippen LogP contribution is 2.38. The minimum Gasteiger partial charge on any atom is -0.388 e. The van der Waals surface area contributed by atoms with Crippen LogP contribution in [0.25, 0.3) is 0 Å². The Bertz CT molecular complexity index is 364. The van der Waals surface area contributed by atoms with Crippen molar-refractivity contribution in [1.29, 1.82) is 0 Å². The number of benzene rings is 1. The van der Waals surface area contributed by atoms with Gasteiger partial charge in [0.1, 0.15) is 0 Å². The van der Waals surface area contributed by atoms with E-state index in [1.807, 2.05) is 24.3 Å². The fourth-order valence-corrected chi connectivity index (χ4v) is 3.15. The van der Waals surface area contributed by atoms with Gasteiger partial charge >= 0.3 is 0 Å². The first-order chi connectivity index (χ1) is 8.20. The van der Waals surface area contributed by atoms with E-state index in [4.69, 9.17) is 11.6 Å². The Balaban J connectivity index is 2.06. The van der Waals surface area contributed by atoms with Crippen LogP contribution in [0.4, 0.5) is 0 Å². The Morgan fingerprint density at radius 1 is 1.41 bits per heavy atom. The number of aliphatic hydroxyl groups is 1. The molecule has 94 valence electrons. The molecular weight excluding hydrogens is 232 g/mol. The van der Waals surface area contributed by atoms with Gasteiger partial charge in [-0.1, -0.05) is 49.9 Å². The summed E-state index contributed by atoms with van der Waals surface area (Å²) in [6.07, 6.45) is 5.77. The van der Waals surface area contributed by atoms with Gasteiger partial charge in [-0.3, -0.25) is 0 Å². The maximum absolute atomic E-state index is 10.4. The van der Waals surface area contributed by atoms with E-state index < -0.39 is 0 Å². The zero-order chi connectivity index (χ0) is 12.3. The van der Waals surface area contributed by atoms with Crippen LogP contribution < -0.4 is 0 Å². The van der Waals surface area contributed by atoms with E-state index >= 15 is 0 Å². The lowest BCUT2D eigenvalue weighted by Gasteiger charge is -2.32. The third-order valence-corrected chi connectivity index (χ3v) is 4.27. The topological polar surface area (TPSA) is 20.2 Å². The van der Waals surface area contributed by atoms with Crippen LogP contribution in [-0.2, 0) is 0 Å². The molecule has 1 aromatic carbocycles. The first kappa shape index (κ1) is 12.9. The van der Waals surface area contributed by atoms with Crippen molar-refractivity contribution in [3.05, 3.63) is 34.9 Å². The second-order valence-electron chi connectivity index (χ2n) is 5.20. The molecule has 1 aliphatic rings. The molecule has 0 saturated heterocycles. The lowest BCUT2D eigenvalue weighted by Crippen LogP contribution is -2.21. The molecule has 0 bridgehead atoms. The summed E-state index contributed by atoms with van der Waals surface area (Å²) in [6.45, 7) is 2.25. The fraction of sp³-hybridized carbons (Fsp3) is 0.600. The van der Waals surface area contributed by atoms with Gasteiger partial charge < -0.3 is 5.11 Å². The number of hydrogen-bond acceptors (Lipinski definition) is 1. The van der Waals surface area contributed by atoms with Crippen LogP contribution in [-0.4, -0.2) is 5.11 Å². The van der Waals surface area contributed by atoms with Crippen LogP contribution >= 0.6 is 11.6 Å². The van der Waals surface area contributed by atoms with Gasteiger partial charge in [-0.2, -0.15) is 0 Å². The van der Waals surface area contributed by atoms with Crippen LogP contribution in [0.3, 0.4) is 0 Å². The molecule has 0 spiro atoms. The first-order valence-electron chi connectivity index (χ1n) is 6.64. The van der Waals surface area contributed by atoms with Gasteiger partial charge in [-0.25, -0.2) is 0 Å². The van der Waals surface area contributed by atoms with Gasteiger partial charge in [0.2, 0.25) is 0 Å². The van der Waals surface area contributed by atoms with Crippen LogP contribution in [0.2, 0.25) is 5.02 Å². The van der Waals surface area contributed by atoms with Gasteiger partial charge in [-0.05, 0) is 42.4 Å². The van der Waals surface area contributed by atoms with E-state index in [1.165, 1.54) is 19.3 Å². The molecule has 17 heavy (non-hydrogen) atoms. The minimum atomic E-state index is -0.344. The summed E-state index contributed by atoms with van der Waals surface area (Å²) in [4.78, 5) is 0. The lowest BCUT2D eigenvalue weighted by molar-refractivity contribution is 0.0678. The van der Waals surface area contributed by atoms with Crippen molar-refractivity contribution in [2.75, 3.05) is 0 Å². The zero-order valence-corrected chi connectivity index (χ0v) is 11.2. The largest absolute Gasteiger partial charge is 0.388 e. The zero-order valence-electron chi connectivity index (χ0n) is 10.4. The second-order valence-corrected chi connectivity index (χ2v) is 5.64. The summed E-state index contributed by atoms with van der Waals surface area (Å²) < 4.78 is 0. The average molecular weight is 253 g/mol. The summed E-state index contributed by atoms with van der Waals surface area (Å²) >= 11 is 5.97. The van der Waals surface area contributed by atoms with Crippen molar-refractivity contribution >= 4 is 11.6 Å². The number of hydrogen-bond donors (Lipinski definition) is 1. The van der Waals surface area contributed by atoms with E-state index in [-0.39, 0.29) is 6.10 Å². The Morgan fingerprint density at radius 3 is 2.94 bits per heavy atom. The molecule has 0 radical (unpaired) electrons. The Hall–Kier alpha value is -0.530. The van der Waals surface area contributed by atoms with Crippen molar-refractivity contribution in [1.82, 2.24) is 0 Å². The molecule has 0 aliphatic heterocycles. The quantitative estimate of drug-likeness (QED) is 0.834. The molecule has 3 unspecified atom stereocenters. The van der Waals surface area contributed by atoms with Crippen LogP contribution in [0.5, 0.6) is 0 Å². The molecule has 1 nitrogen and oxygen atoms in total. The highest BCUT2D eigenvalue weighted by molar-refractivity contribution is 6.30. The maximum atomic E-state index is 10.4. The summed E-state index contributed by atoms with van der Waals surface area (Å²) in [5.74, 6) is 1.20. The van der Waals surface area contributed by atoms with Gasteiger partial charge in [0, 0.05) is 5.02 Å². The molecule has 1 saturated carbocycles. The van der Waals surface area contributed by atoms with Crippen molar-refractivity contribution in [3.8, 4) is 0 Å². The number of halogens is 1. The first-order valence-corrected chi connectivity index (χ1v) is 7.02. The van der Waals surface area contributed by atoms with Crippen molar-refractivity contribution in [3.63, 3.8) is 0 Å². The van der Waals surface area contributed by atoms with Gasteiger partial charge in [0.25, 0.3) is 0 Å². The predicted molar refractivity (Wildman–Crippen MR) is 72.2 cm³/mol. The third-order valence-electron chi connectivity index (χ3n) is 4.04. The van der Waals surface area contributed by atoms with Gasteiger partial charge in [0.05, 0.1) is 6.10 Å². The lowest BCUT2D eigenvalue weighted by atomic mass is 9.76. The van der Waals surface area contributed by atoms with Gasteiger partial charge in [0.15, 0.2) is 0 Å². The van der Waals surface area contributed by atoms with E-state index in [0.29, 0.717) is 10.9 Å². The standard InChI is InChI=1S/C15H21ClO/c1-2-11-5-3-6-12(9-11)15(17)13-7-4-8-14(16)10-13/h4,7-8,10-12,15,17H,2-3,5-6,9H2,1H3. The second kappa shape index (κ2) is 5.88. The molecule has 0 amide bonds. The molecule has 1 N–H and O–H groups in total. The van der Waals surface area contributed by atoms with E-state index in [9.17, 15) is 5.11 Å². The molecule has 1 aliphatic carbocycles. The summed E-state index contributed by atoms with van der Waals surface area (Å²) in [5, 5.41) is 11.1. The summed E-state index contributed by atoms with van der Waals surface area (Å²) in [6, 6.07) is 7.64. The van der Waals surface area contributed by atoms with Crippen molar-refractivity contribution in [2.45, 2.75) is 45.1 Å². The number of aliphatic hydroxyl groups excluding tert-OH is 1. The van der Waals surface area contributed by atoms with Crippen LogP contribution in [0, 0.1) is 11.8 Å². The normalized spacial score (nSPS) is 26.8. The Morgan fingerprint density at radius 2 is 2.24 bits per heavy atom. The highest BCUT2D eigenvalue weighted by Gasteiger charge is 2.27. The SMILES string of the molecule is CCC1CCCC(C(O)c2cccc(Cl)c2)C1. The van der Waals surface area contributed by atoms with E-state index in [0.717, 1.165) is 24.3 Å². The molecular formula is C15H21ClO. The van der Waals surface area contributed by atoms with Crippen LogP contribution in [0.1, 0.15) is 50.7 Å². The minimum absolute atomic E-state index is 0.344. The van der Waals surface area contributed by atoms with Crippen molar-refractivity contribution in [2.24, 2.45) is 11.8 Å². The fourth-order valence-electron chi connectivity index (χ4n) is 2.95. The number of rotatable bonds is 3. The molecule has 3 atom stereocenters. The average Bonchev–Trinajstić information content (AvgIpc) is 2.38. The molecule has 1 aromatic rings. The molecule has 2 rings (SSSR count). The predicted octanol–water partition coefficient (Wildman–Crippen LogP) is 4.59. The van der Waals surface area contributed by atoms with E-state index in [2.05, 4.69) is 6.92 Å². The molecule has 2 heteroatoms. The molecule has 0 heterocycles. The van der Waals surface area contributed by atoms with Crippen molar-refractivity contribution < 1.29 is 5.11 Å². The maximum Gasteiger partial charge on any atom is 0.0818 e. The van der Waals surface area contributed by atoms with Gasteiger partial charge in [-0.15, -0.1) is 0 Å². The summed E-state index contributed by atoms with van der Waals surface area (Å²) in [7, 11) is 0. The van der Waals surface area contributed by atoms with E-state index in [1.54, 1.807) is 0 Å². The summed E-state index contributed by atoms with van der Waals surface area (Å²) in [5.41, 5.74) is 0.972. The smallest absolute Gasteiger partial charge is 0.0818 e. The molecule has 1 fully saturated rings. The van der Waals surface area contributed by atoms with Crippen LogP contribution in [0.15, 0.2) is 24.3 Å². The molecule has 0 aromatic heterocycles. The monoisotopic (exact) mass is 252 g/mol. The Kier molecular flexibility index (Phi) is 4.47. The highest BCUT2D eigenvalue weighted by atomic mass is 35.5. The third kappa shape index (κ3) is 3.23.